The average molecular weight is 285 g/mol. The highest BCUT2D eigenvalue weighted by atomic mass is 16.6. The summed E-state index contributed by atoms with van der Waals surface area (Å²) in [5.41, 5.74) is -2.20. The van der Waals surface area contributed by atoms with Crippen LogP contribution in [0.5, 0.6) is 0 Å². The molecule has 3 rings (SSSR count). The van der Waals surface area contributed by atoms with E-state index < -0.39 is 17.1 Å². The summed E-state index contributed by atoms with van der Waals surface area (Å²) in [6.07, 6.45) is 4.51. The van der Waals surface area contributed by atoms with Crippen molar-refractivity contribution >= 4 is 0 Å². The minimum atomic E-state index is -0.789. The van der Waals surface area contributed by atoms with E-state index in [2.05, 4.69) is 6.92 Å². The number of hydrogen-bond acceptors (Lipinski definition) is 5. The minimum absolute atomic E-state index is 0.0790. The molecule has 2 fully saturated rings. The lowest BCUT2D eigenvalue weighted by Gasteiger charge is -1.97. The van der Waals surface area contributed by atoms with E-state index in [4.69, 9.17) is 9.47 Å². The van der Waals surface area contributed by atoms with Gasteiger partial charge in [-0.25, -0.2) is 19.0 Å². The molecule has 0 bridgehead atoms. The normalized spacial score (nSPS) is 22.9. The summed E-state index contributed by atoms with van der Waals surface area (Å²) in [7, 11) is 0. The Labute approximate surface area is 114 Å². The Balaban J connectivity index is 0.000000178. The predicted molar refractivity (Wildman–Crippen MR) is 70.9 cm³/mol. The van der Waals surface area contributed by atoms with Crippen LogP contribution in [-0.2, 0) is 16.0 Å². The summed E-state index contributed by atoms with van der Waals surface area (Å²) in [5, 5.41) is 0. The summed E-state index contributed by atoms with van der Waals surface area (Å²) >= 11 is 0. The molecule has 2 saturated heterocycles. The maximum Gasteiger partial charge on any atom is 0.333 e. The predicted octanol–water partition coefficient (Wildman–Crippen LogP) is -0.801. The average Bonchev–Trinajstić information content (AvgIpc) is 3.26. The number of H-pyrrole nitrogens is 2. The van der Waals surface area contributed by atoms with Gasteiger partial charge < -0.3 is 9.47 Å². The molecule has 3 heterocycles. The lowest BCUT2D eigenvalue weighted by molar-refractivity contribution is 0.373. The summed E-state index contributed by atoms with van der Waals surface area (Å²) in [4.78, 5) is 36.6. The van der Waals surface area contributed by atoms with Crippen LogP contribution in [0.3, 0.4) is 0 Å². The minimum Gasteiger partial charge on any atom is -0.373 e. The second-order valence-corrected chi connectivity index (χ2v) is 4.85. The Hall–Kier alpha value is -1.67. The Morgan fingerprint density at radius 3 is 2.10 bits per heavy atom. The van der Waals surface area contributed by atoms with Crippen LogP contribution in [0.1, 0.15) is 26.2 Å². The first-order chi connectivity index (χ1) is 9.60. The lowest BCUT2D eigenvalue weighted by atomic mass is 10.2. The first-order valence-electron chi connectivity index (χ1n) is 6.76. The number of hydrogen-bond donors (Lipinski definition) is 2. The van der Waals surface area contributed by atoms with Gasteiger partial charge in [0.2, 0.25) is 0 Å². The Morgan fingerprint density at radius 2 is 1.65 bits per heavy atom. The molecule has 112 valence electrons. The standard InChI is InChI=1S/C6H7N3O4.C6H12O/c10-4-7-5(11)9(6(12)8-4)1-3-2-13-3;1-2-3-4-6-5-7-6/h3H,1-2H2,(H2,7,8,10,11,12);6H,2-5H2,1H3. The van der Waals surface area contributed by atoms with Crippen LogP contribution in [0.25, 0.3) is 0 Å². The van der Waals surface area contributed by atoms with Gasteiger partial charge in [0.1, 0.15) is 0 Å². The van der Waals surface area contributed by atoms with E-state index in [1.165, 1.54) is 19.3 Å². The van der Waals surface area contributed by atoms with E-state index in [9.17, 15) is 14.4 Å². The molecule has 0 radical (unpaired) electrons. The number of nitrogens with one attached hydrogen (secondary N) is 2. The second kappa shape index (κ2) is 6.67. The molecule has 2 atom stereocenters. The van der Waals surface area contributed by atoms with Crippen molar-refractivity contribution in [1.82, 2.24) is 14.5 Å². The van der Waals surface area contributed by atoms with E-state index >= 15 is 0 Å². The monoisotopic (exact) mass is 285 g/mol. The van der Waals surface area contributed by atoms with Gasteiger partial charge in [0.15, 0.2) is 0 Å². The van der Waals surface area contributed by atoms with Gasteiger partial charge >= 0.3 is 17.1 Å². The molecular weight excluding hydrogens is 266 g/mol. The van der Waals surface area contributed by atoms with Crippen LogP contribution >= 0.6 is 0 Å². The number of epoxide rings is 2. The second-order valence-electron chi connectivity index (χ2n) is 4.85. The number of unbranched alkanes of at least 4 members (excludes halogenated alkanes) is 1. The summed E-state index contributed by atoms with van der Waals surface area (Å²) in [5.74, 6) is 0. The van der Waals surface area contributed by atoms with Crippen LogP contribution < -0.4 is 17.1 Å². The molecule has 0 saturated carbocycles. The quantitative estimate of drug-likeness (QED) is 0.688. The van der Waals surface area contributed by atoms with Gasteiger partial charge in [-0.05, 0) is 6.42 Å². The topological polar surface area (TPSA) is 113 Å². The van der Waals surface area contributed by atoms with Crippen LogP contribution in [0.4, 0.5) is 0 Å². The zero-order valence-electron chi connectivity index (χ0n) is 11.4. The maximum absolute atomic E-state index is 11.1. The molecule has 2 N–H and O–H groups in total. The van der Waals surface area contributed by atoms with Crippen molar-refractivity contribution < 1.29 is 9.47 Å². The van der Waals surface area contributed by atoms with Gasteiger partial charge in [-0.2, -0.15) is 0 Å². The maximum atomic E-state index is 11.1. The smallest absolute Gasteiger partial charge is 0.333 e. The fraction of sp³-hybridized carbons (Fsp3) is 0.750. The third-order valence-corrected chi connectivity index (χ3v) is 3.00. The Kier molecular flexibility index (Phi) is 4.91. The van der Waals surface area contributed by atoms with Crippen molar-refractivity contribution in [3.05, 3.63) is 31.5 Å². The summed E-state index contributed by atoms with van der Waals surface area (Å²) in [6, 6.07) is 0. The molecule has 0 amide bonds. The van der Waals surface area contributed by atoms with Crippen molar-refractivity contribution in [1.29, 1.82) is 0 Å². The van der Waals surface area contributed by atoms with Crippen LogP contribution in [-0.4, -0.2) is 40.0 Å². The Morgan fingerprint density at radius 1 is 1.10 bits per heavy atom. The third-order valence-electron chi connectivity index (χ3n) is 3.00. The van der Waals surface area contributed by atoms with Crippen molar-refractivity contribution in [2.75, 3.05) is 13.2 Å². The number of rotatable bonds is 5. The zero-order chi connectivity index (χ0) is 14.5. The van der Waals surface area contributed by atoms with Crippen LogP contribution in [0.15, 0.2) is 14.4 Å². The fourth-order valence-corrected chi connectivity index (χ4v) is 1.66. The highest BCUT2D eigenvalue weighted by molar-refractivity contribution is 4.75. The van der Waals surface area contributed by atoms with E-state index in [0.29, 0.717) is 12.7 Å². The molecule has 2 aliphatic rings. The fourth-order valence-electron chi connectivity index (χ4n) is 1.66. The van der Waals surface area contributed by atoms with Crippen molar-refractivity contribution in [3.63, 3.8) is 0 Å². The molecule has 2 unspecified atom stereocenters. The van der Waals surface area contributed by atoms with Crippen molar-refractivity contribution in [3.8, 4) is 0 Å². The largest absolute Gasteiger partial charge is 0.373 e. The number of aromatic amines is 2. The van der Waals surface area contributed by atoms with Gasteiger partial charge in [0.25, 0.3) is 0 Å². The third kappa shape index (κ3) is 4.78. The van der Waals surface area contributed by atoms with Gasteiger partial charge in [0, 0.05) is 0 Å². The molecule has 1 aromatic rings. The SMILES string of the molecule is CCCCC1CO1.O=c1[nH]c(=O)n(CC2CO2)c(=O)[nH]1. The molecule has 8 nitrogen and oxygen atoms in total. The molecule has 2 aliphatic heterocycles. The summed E-state index contributed by atoms with van der Waals surface area (Å²) < 4.78 is 10.8. The number of ether oxygens (including phenoxy) is 2. The summed E-state index contributed by atoms with van der Waals surface area (Å²) in [6.45, 7) is 3.97. The van der Waals surface area contributed by atoms with Crippen LogP contribution in [0.2, 0.25) is 0 Å². The van der Waals surface area contributed by atoms with E-state index in [-0.39, 0.29) is 12.6 Å². The molecule has 0 aliphatic carbocycles. The first kappa shape index (κ1) is 14.7. The zero-order valence-corrected chi connectivity index (χ0v) is 11.4. The van der Waals surface area contributed by atoms with Gasteiger partial charge in [-0.15, -0.1) is 0 Å². The first-order valence-corrected chi connectivity index (χ1v) is 6.76. The van der Waals surface area contributed by atoms with Crippen molar-refractivity contribution in [2.24, 2.45) is 0 Å². The molecule has 20 heavy (non-hydrogen) atoms. The lowest BCUT2D eigenvalue weighted by Crippen LogP contribution is -2.44. The van der Waals surface area contributed by atoms with Gasteiger partial charge in [-0.1, -0.05) is 19.8 Å². The molecule has 1 aromatic heterocycles. The number of aromatic nitrogens is 3. The van der Waals surface area contributed by atoms with Crippen molar-refractivity contribution in [2.45, 2.75) is 44.9 Å². The van der Waals surface area contributed by atoms with E-state index in [0.717, 1.165) is 11.2 Å². The molecule has 8 heteroatoms. The molecule has 0 aromatic carbocycles. The molecular formula is C12H19N3O5. The highest BCUT2D eigenvalue weighted by Crippen LogP contribution is 2.15. The van der Waals surface area contributed by atoms with E-state index in [1.54, 1.807) is 0 Å². The van der Waals surface area contributed by atoms with E-state index in [1.807, 2.05) is 9.97 Å². The number of nitrogens with zero attached hydrogens (tertiary/aromatic N) is 1. The van der Waals surface area contributed by atoms with Crippen LogP contribution in [0, 0.1) is 0 Å². The molecule has 0 spiro atoms. The van der Waals surface area contributed by atoms with Gasteiger partial charge in [-0.3, -0.25) is 9.97 Å². The Bertz CT molecular complexity index is 560. The highest BCUT2D eigenvalue weighted by Gasteiger charge is 2.24. The van der Waals surface area contributed by atoms with Gasteiger partial charge in [0.05, 0.1) is 32.0 Å².